The number of alkyl halides is 5. The molecular formula is C12H17F5O2. The maximum atomic E-state index is 12.4. The first-order valence-electron chi connectivity index (χ1n) is 5.96. The van der Waals surface area contributed by atoms with E-state index in [0.717, 1.165) is 32.6 Å². The van der Waals surface area contributed by atoms with Gasteiger partial charge in [0.05, 0.1) is 0 Å². The number of unbranched alkanes of at least 4 members (excludes halogenated alkanes) is 4. The van der Waals surface area contributed by atoms with Gasteiger partial charge in [0.2, 0.25) is 0 Å². The van der Waals surface area contributed by atoms with E-state index < -0.39 is 18.3 Å². The maximum Gasteiger partial charge on any atom is 0.501 e. The molecule has 7 heteroatoms. The highest BCUT2D eigenvalue weighted by Gasteiger charge is 2.62. The van der Waals surface area contributed by atoms with Crippen molar-refractivity contribution in [2.45, 2.75) is 58.2 Å². The highest BCUT2D eigenvalue weighted by molar-refractivity contribution is 5.87. The smallest absolute Gasteiger partial charge is 0.390 e. The summed E-state index contributed by atoms with van der Waals surface area (Å²) in [5, 5.41) is 0. The van der Waals surface area contributed by atoms with E-state index in [1.165, 1.54) is 6.08 Å². The number of ether oxygens (including phenoxy) is 1. The Balaban J connectivity index is 4.31. The van der Waals surface area contributed by atoms with Crippen molar-refractivity contribution in [3.8, 4) is 0 Å². The fourth-order valence-corrected chi connectivity index (χ4v) is 1.23. The predicted octanol–water partition coefficient (Wildman–Crippen LogP) is 4.60. The minimum absolute atomic E-state index is 0.250. The largest absolute Gasteiger partial charge is 0.501 e. The molecule has 0 saturated carbocycles. The van der Waals surface area contributed by atoms with Crippen molar-refractivity contribution in [3.63, 3.8) is 0 Å². The van der Waals surface area contributed by atoms with Gasteiger partial charge in [0.15, 0.2) is 0 Å². The zero-order chi connectivity index (χ0) is 15.1. The van der Waals surface area contributed by atoms with Crippen molar-refractivity contribution in [1.82, 2.24) is 0 Å². The first-order valence-corrected chi connectivity index (χ1v) is 5.96. The monoisotopic (exact) mass is 288 g/mol. The lowest BCUT2D eigenvalue weighted by Crippen LogP contribution is -2.41. The number of carbonyl (C=O) groups excluding carboxylic acids is 1. The summed E-state index contributed by atoms with van der Waals surface area (Å²) in [6.45, 7) is 3.16. The molecule has 0 aliphatic carbocycles. The number of allylic oxidation sites excluding steroid dienone is 1. The van der Waals surface area contributed by atoms with Crippen LogP contribution < -0.4 is 0 Å². The molecule has 0 unspecified atom stereocenters. The van der Waals surface area contributed by atoms with E-state index in [-0.39, 0.29) is 5.57 Å². The van der Waals surface area contributed by atoms with E-state index in [4.69, 9.17) is 0 Å². The van der Waals surface area contributed by atoms with Crippen molar-refractivity contribution >= 4 is 5.97 Å². The number of hydrogen-bond donors (Lipinski definition) is 0. The molecule has 0 aromatic carbocycles. The summed E-state index contributed by atoms with van der Waals surface area (Å²) in [5.74, 6) is -1.65. The molecule has 0 aromatic heterocycles. The van der Waals surface area contributed by atoms with Crippen LogP contribution in [0.4, 0.5) is 22.0 Å². The third kappa shape index (κ3) is 6.54. The van der Waals surface area contributed by atoms with Crippen LogP contribution in [0.2, 0.25) is 0 Å². The highest BCUT2D eigenvalue weighted by Crippen LogP contribution is 2.36. The van der Waals surface area contributed by atoms with E-state index >= 15 is 0 Å². The second-order valence-corrected chi connectivity index (χ2v) is 4.14. The van der Waals surface area contributed by atoms with Crippen molar-refractivity contribution in [2.75, 3.05) is 0 Å². The lowest BCUT2D eigenvalue weighted by molar-refractivity contribution is -0.375. The number of esters is 1. The van der Waals surface area contributed by atoms with E-state index in [1.807, 2.05) is 6.92 Å². The summed E-state index contributed by atoms with van der Waals surface area (Å²) in [6.07, 6.45) is -5.93. The Labute approximate surface area is 108 Å². The summed E-state index contributed by atoms with van der Waals surface area (Å²) in [5.41, 5.74) is -0.250. The standard InChI is InChI=1S/C12H17F5O2/c1-3-4-5-6-7-8-9(2)10(18)19-12(16,17)11(13,14)15/h8H,3-7H2,1-2H3. The molecule has 0 heterocycles. The Kier molecular flexibility index (Phi) is 7.00. The molecule has 112 valence electrons. The average molecular weight is 288 g/mol. The van der Waals surface area contributed by atoms with Crippen LogP contribution in [0.1, 0.15) is 46.0 Å². The molecule has 0 rings (SSSR count). The molecule has 0 saturated heterocycles. The lowest BCUT2D eigenvalue weighted by atomic mass is 10.1. The van der Waals surface area contributed by atoms with Crippen LogP contribution in [0.15, 0.2) is 11.6 Å². The van der Waals surface area contributed by atoms with Gasteiger partial charge in [-0.2, -0.15) is 22.0 Å². The molecule has 0 fully saturated rings. The molecule has 0 radical (unpaired) electrons. The lowest BCUT2D eigenvalue weighted by Gasteiger charge is -2.18. The summed E-state index contributed by atoms with van der Waals surface area (Å²) >= 11 is 0. The third-order valence-corrected chi connectivity index (χ3v) is 2.38. The van der Waals surface area contributed by atoms with Gasteiger partial charge < -0.3 is 4.74 Å². The first kappa shape index (κ1) is 17.9. The van der Waals surface area contributed by atoms with Gasteiger partial charge in [0.1, 0.15) is 0 Å². The van der Waals surface area contributed by atoms with Gasteiger partial charge in [0.25, 0.3) is 0 Å². The van der Waals surface area contributed by atoms with Gasteiger partial charge in [-0.15, -0.1) is 0 Å². The average Bonchev–Trinajstić information content (AvgIpc) is 2.26. The van der Waals surface area contributed by atoms with E-state index in [2.05, 4.69) is 4.74 Å². The summed E-state index contributed by atoms with van der Waals surface area (Å²) in [4.78, 5) is 11.1. The topological polar surface area (TPSA) is 26.3 Å². The fraction of sp³-hybridized carbons (Fsp3) is 0.750. The first-order chi connectivity index (χ1) is 8.62. The van der Waals surface area contributed by atoms with Crippen molar-refractivity contribution in [2.24, 2.45) is 0 Å². The SMILES string of the molecule is CCCCCCC=C(C)C(=O)OC(F)(F)C(F)(F)F. The molecule has 19 heavy (non-hydrogen) atoms. The maximum absolute atomic E-state index is 12.4. The van der Waals surface area contributed by atoms with Crippen LogP contribution in [0.3, 0.4) is 0 Å². The Morgan fingerprint density at radius 3 is 2.16 bits per heavy atom. The highest BCUT2D eigenvalue weighted by atomic mass is 19.4. The second-order valence-electron chi connectivity index (χ2n) is 4.14. The number of carbonyl (C=O) groups is 1. The summed E-state index contributed by atoms with van der Waals surface area (Å²) < 4.78 is 63.5. The Morgan fingerprint density at radius 1 is 1.11 bits per heavy atom. The van der Waals surface area contributed by atoms with Crippen LogP contribution in [0.5, 0.6) is 0 Å². The molecule has 0 bridgehead atoms. The normalized spacial score (nSPS) is 13.5. The van der Waals surface area contributed by atoms with Gasteiger partial charge in [-0.3, -0.25) is 0 Å². The molecule has 0 N–H and O–H groups in total. The number of rotatable bonds is 7. The molecule has 2 nitrogen and oxygen atoms in total. The minimum Gasteiger partial charge on any atom is -0.390 e. The number of hydrogen-bond acceptors (Lipinski definition) is 2. The van der Waals surface area contributed by atoms with E-state index in [0.29, 0.717) is 6.42 Å². The molecule has 0 aromatic rings. The molecule has 0 atom stereocenters. The Hall–Kier alpha value is -1.14. The predicted molar refractivity (Wildman–Crippen MR) is 59.6 cm³/mol. The van der Waals surface area contributed by atoms with Gasteiger partial charge >= 0.3 is 18.3 Å². The van der Waals surface area contributed by atoms with Crippen LogP contribution in [-0.4, -0.2) is 18.3 Å². The summed E-state index contributed by atoms with van der Waals surface area (Å²) in [7, 11) is 0. The molecule has 0 aliphatic heterocycles. The molecule has 0 aliphatic rings. The molecule has 0 amide bonds. The molecular weight excluding hydrogens is 271 g/mol. The van der Waals surface area contributed by atoms with Crippen molar-refractivity contribution in [3.05, 3.63) is 11.6 Å². The van der Waals surface area contributed by atoms with E-state index in [1.54, 1.807) is 0 Å². The van der Waals surface area contributed by atoms with Gasteiger partial charge in [-0.05, 0) is 19.8 Å². The van der Waals surface area contributed by atoms with Crippen LogP contribution in [0.25, 0.3) is 0 Å². The van der Waals surface area contributed by atoms with Crippen LogP contribution in [-0.2, 0) is 9.53 Å². The Morgan fingerprint density at radius 2 is 1.68 bits per heavy atom. The van der Waals surface area contributed by atoms with Gasteiger partial charge in [-0.25, -0.2) is 4.79 Å². The fourth-order valence-electron chi connectivity index (χ4n) is 1.23. The zero-order valence-electron chi connectivity index (χ0n) is 10.8. The summed E-state index contributed by atoms with van der Waals surface area (Å²) in [6, 6.07) is 0. The zero-order valence-corrected chi connectivity index (χ0v) is 10.8. The van der Waals surface area contributed by atoms with Gasteiger partial charge in [-0.1, -0.05) is 32.3 Å². The van der Waals surface area contributed by atoms with Crippen molar-refractivity contribution < 1.29 is 31.5 Å². The van der Waals surface area contributed by atoms with Crippen molar-refractivity contribution in [1.29, 1.82) is 0 Å². The molecule has 0 spiro atoms. The quantitative estimate of drug-likeness (QED) is 0.296. The Bertz CT molecular complexity index is 321. The third-order valence-electron chi connectivity index (χ3n) is 2.38. The van der Waals surface area contributed by atoms with E-state index in [9.17, 15) is 26.7 Å². The van der Waals surface area contributed by atoms with Crippen LogP contribution >= 0.6 is 0 Å². The number of halogens is 5. The van der Waals surface area contributed by atoms with Gasteiger partial charge in [0, 0.05) is 5.57 Å². The van der Waals surface area contributed by atoms with Crippen LogP contribution in [0, 0.1) is 0 Å². The minimum atomic E-state index is -5.90. The second kappa shape index (κ2) is 7.45.